The number of halogens is 1. The number of thiazole rings is 1. The Kier molecular flexibility index (Phi) is 6.23. The maximum absolute atomic E-state index is 12.5. The van der Waals surface area contributed by atoms with Crippen molar-refractivity contribution in [1.29, 1.82) is 0 Å². The number of benzene rings is 2. The van der Waals surface area contributed by atoms with Gasteiger partial charge < -0.3 is 9.30 Å². The lowest BCUT2D eigenvalue weighted by atomic mass is 10.1. The molecule has 0 unspecified atom stereocenters. The Morgan fingerprint density at radius 1 is 1.15 bits per heavy atom. The standard InChI is InChI=1S/C20H19BrN2O3S/c1-3-13-4-6-14(7-5-13)10-18(24)22-20-23(12-19(25)26-2)16-9-8-15(21)11-17(16)27-20/h4-9,11H,3,10,12H2,1-2H3. The van der Waals surface area contributed by atoms with E-state index in [2.05, 4.69) is 27.8 Å². The van der Waals surface area contributed by atoms with Crippen molar-refractivity contribution in [1.82, 2.24) is 4.57 Å². The fraction of sp³-hybridized carbons (Fsp3) is 0.250. The molecule has 1 heterocycles. The largest absolute Gasteiger partial charge is 0.468 e. The van der Waals surface area contributed by atoms with E-state index < -0.39 is 0 Å². The Bertz CT molecular complexity index is 1050. The lowest BCUT2D eigenvalue weighted by Gasteiger charge is -2.04. The van der Waals surface area contributed by atoms with Crippen LogP contribution in [0.5, 0.6) is 0 Å². The molecule has 140 valence electrons. The van der Waals surface area contributed by atoms with Crippen LogP contribution < -0.4 is 4.80 Å². The van der Waals surface area contributed by atoms with E-state index in [0.29, 0.717) is 4.80 Å². The molecule has 1 amide bonds. The summed E-state index contributed by atoms with van der Waals surface area (Å²) in [5, 5.41) is 0. The summed E-state index contributed by atoms with van der Waals surface area (Å²) in [6.45, 7) is 2.10. The number of aromatic nitrogens is 1. The van der Waals surface area contributed by atoms with Gasteiger partial charge in [-0.1, -0.05) is 58.5 Å². The van der Waals surface area contributed by atoms with Gasteiger partial charge in [-0.15, -0.1) is 0 Å². The quantitative estimate of drug-likeness (QED) is 0.558. The lowest BCUT2D eigenvalue weighted by Crippen LogP contribution is -2.22. The van der Waals surface area contributed by atoms with Crippen LogP contribution in [0.3, 0.4) is 0 Å². The van der Waals surface area contributed by atoms with Gasteiger partial charge in [-0.25, -0.2) is 0 Å². The summed E-state index contributed by atoms with van der Waals surface area (Å²) < 4.78 is 8.36. The Morgan fingerprint density at radius 3 is 2.52 bits per heavy atom. The van der Waals surface area contributed by atoms with Gasteiger partial charge in [0.05, 0.1) is 23.7 Å². The summed E-state index contributed by atoms with van der Waals surface area (Å²) in [6.07, 6.45) is 1.18. The SMILES string of the molecule is CCc1ccc(CC(=O)N=c2sc3cc(Br)ccc3n2CC(=O)OC)cc1. The van der Waals surface area contributed by atoms with Crippen LogP contribution in [0.1, 0.15) is 18.1 Å². The molecule has 0 aliphatic rings. The fourth-order valence-corrected chi connectivity index (χ4v) is 4.29. The first-order valence-corrected chi connectivity index (χ1v) is 10.1. The first-order chi connectivity index (χ1) is 13.0. The minimum Gasteiger partial charge on any atom is -0.468 e. The molecule has 0 aliphatic heterocycles. The molecule has 0 N–H and O–H groups in total. The molecule has 2 aromatic carbocycles. The number of hydrogen-bond acceptors (Lipinski definition) is 4. The van der Waals surface area contributed by atoms with Crippen molar-refractivity contribution in [3.8, 4) is 0 Å². The van der Waals surface area contributed by atoms with E-state index in [9.17, 15) is 9.59 Å². The summed E-state index contributed by atoms with van der Waals surface area (Å²) in [4.78, 5) is 29.1. The zero-order chi connectivity index (χ0) is 19.4. The van der Waals surface area contributed by atoms with Gasteiger partial charge >= 0.3 is 5.97 Å². The van der Waals surface area contributed by atoms with Gasteiger partial charge in [0.25, 0.3) is 5.91 Å². The molecule has 1 aromatic heterocycles. The van der Waals surface area contributed by atoms with Crippen molar-refractivity contribution in [2.45, 2.75) is 26.3 Å². The third-order valence-electron chi connectivity index (χ3n) is 4.17. The maximum Gasteiger partial charge on any atom is 0.325 e. The van der Waals surface area contributed by atoms with E-state index in [4.69, 9.17) is 4.74 Å². The molecule has 27 heavy (non-hydrogen) atoms. The number of nitrogens with zero attached hydrogens (tertiary/aromatic N) is 2. The fourth-order valence-electron chi connectivity index (χ4n) is 2.69. The second-order valence-electron chi connectivity index (χ2n) is 6.01. The highest BCUT2D eigenvalue weighted by atomic mass is 79.9. The van der Waals surface area contributed by atoms with Crippen LogP contribution >= 0.6 is 27.3 Å². The number of esters is 1. The number of methoxy groups -OCH3 is 1. The van der Waals surface area contributed by atoms with Crippen molar-refractivity contribution >= 4 is 49.4 Å². The molecule has 0 bridgehead atoms. The molecule has 7 heteroatoms. The molecular weight excluding hydrogens is 428 g/mol. The number of rotatable bonds is 5. The molecule has 0 radical (unpaired) electrons. The first-order valence-electron chi connectivity index (χ1n) is 8.51. The summed E-state index contributed by atoms with van der Waals surface area (Å²) in [5.74, 6) is -0.634. The van der Waals surface area contributed by atoms with E-state index in [-0.39, 0.29) is 24.8 Å². The topological polar surface area (TPSA) is 60.7 Å². The van der Waals surface area contributed by atoms with Crippen LogP contribution in [-0.2, 0) is 33.7 Å². The van der Waals surface area contributed by atoms with E-state index in [1.54, 1.807) is 4.57 Å². The molecule has 0 saturated heterocycles. The monoisotopic (exact) mass is 446 g/mol. The zero-order valence-electron chi connectivity index (χ0n) is 15.1. The van der Waals surface area contributed by atoms with Crippen LogP contribution in [0.4, 0.5) is 0 Å². The molecule has 0 spiro atoms. The number of amides is 1. The minimum absolute atomic E-state index is 0.00937. The second kappa shape index (κ2) is 8.63. The zero-order valence-corrected chi connectivity index (χ0v) is 17.5. The third-order valence-corrected chi connectivity index (χ3v) is 5.70. The highest BCUT2D eigenvalue weighted by Crippen LogP contribution is 2.22. The Morgan fingerprint density at radius 2 is 1.85 bits per heavy atom. The number of aryl methyl sites for hydroxylation is 1. The van der Waals surface area contributed by atoms with E-state index in [1.807, 2.05) is 42.5 Å². The predicted octanol–water partition coefficient (Wildman–Crippen LogP) is 3.87. The van der Waals surface area contributed by atoms with Crippen molar-refractivity contribution in [3.05, 3.63) is 62.9 Å². The molecule has 0 fully saturated rings. The minimum atomic E-state index is -0.387. The van der Waals surface area contributed by atoms with Crippen LogP contribution in [0.25, 0.3) is 10.2 Å². The summed E-state index contributed by atoms with van der Waals surface area (Å²) in [5.41, 5.74) is 2.99. The summed E-state index contributed by atoms with van der Waals surface area (Å²) in [7, 11) is 1.34. The maximum atomic E-state index is 12.5. The Hall–Kier alpha value is -2.25. The Labute approximate surface area is 169 Å². The van der Waals surface area contributed by atoms with Crippen molar-refractivity contribution in [3.63, 3.8) is 0 Å². The van der Waals surface area contributed by atoms with Gasteiger partial charge in [0.2, 0.25) is 0 Å². The van der Waals surface area contributed by atoms with Gasteiger partial charge in [-0.3, -0.25) is 9.59 Å². The highest BCUT2D eigenvalue weighted by molar-refractivity contribution is 9.10. The van der Waals surface area contributed by atoms with Crippen LogP contribution in [0, 0.1) is 0 Å². The number of hydrogen-bond donors (Lipinski definition) is 0. The van der Waals surface area contributed by atoms with Crippen LogP contribution in [0.2, 0.25) is 0 Å². The van der Waals surface area contributed by atoms with Crippen molar-refractivity contribution in [2.24, 2.45) is 4.99 Å². The smallest absolute Gasteiger partial charge is 0.325 e. The van der Waals surface area contributed by atoms with Crippen molar-refractivity contribution in [2.75, 3.05) is 7.11 Å². The van der Waals surface area contributed by atoms with Gasteiger partial charge in [0, 0.05) is 4.47 Å². The molecule has 0 aliphatic carbocycles. The van der Waals surface area contributed by atoms with Gasteiger partial charge in [-0.05, 0) is 35.7 Å². The van der Waals surface area contributed by atoms with Crippen LogP contribution in [0.15, 0.2) is 51.9 Å². The first kappa shape index (κ1) is 19.5. The number of carbonyl (C=O) groups is 2. The molecule has 3 aromatic rings. The van der Waals surface area contributed by atoms with Gasteiger partial charge in [-0.2, -0.15) is 4.99 Å². The molecule has 3 rings (SSSR count). The molecule has 0 atom stereocenters. The van der Waals surface area contributed by atoms with Crippen molar-refractivity contribution < 1.29 is 14.3 Å². The molecule has 5 nitrogen and oxygen atoms in total. The highest BCUT2D eigenvalue weighted by Gasteiger charge is 2.12. The average molecular weight is 447 g/mol. The van der Waals surface area contributed by atoms with Gasteiger partial charge in [0.15, 0.2) is 4.80 Å². The normalized spacial score (nSPS) is 11.7. The van der Waals surface area contributed by atoms with E-state index >= 15 is 0 Å². The average Bonchev–Trinajstić information content (AvgIpc) is 2.98. The summed E-state index contributed by atoms with van der Waals surface area (Å²) in [6, 6.07) is 13.7. The second-order valence-corrected chi connectivity index (χ2v) is 7.94. The molecule has 0 saturated carbocycles. The number of ether oxygens (including phenoxy) is 1. The van der Waals surface area contributed by atoms with E-state index in [1.165, 1.54) is 24.0 Å². The van der Waals surface area contributed by atoms with Gasteiger partial charge in [0.1, 0.15) is 6.54 Å². The Balaban J connectivity index is 1.96. The number of fused-ring (bicyclic) bond motifs is 1. The lowest BCUT2D eigenvalue weighted by molar-refractivity contribution is -0.141. The molecular formula is C20H19BrN2O3S. The third kappa shape index (κ3) is 4.73. The van der Waals surface area contributed by atoms with E-state index in [0.717, 1.165) is 26.7 Å². The van der Waals surface area contributed by atoms with Crippen LogP contribution in [-0.4, -0.2) is 23.6 Å². The number of carbonyl (C=O) groups excluding carboxylic acids is 2. The summed E-state index contributed by atoms with van der Waals surface area (Å²) >= 11 is 4.82. The predicted molar refractivity (Wildman–Crippen MR) is 110 cm³/mol.